The first-order chi connectivity index (χ1) is 10.3. The molecule has 22 heavy (non-hydrogen) atoms. The van der Waals surface area contributed by atoms with Gasteiger partial charge in [-0.2, -0.15) is 0 Å². The zero-order valence-electron chi connectivity index (χ0n) is 13.3. The van der Waals surface area contributed by atoms with Crippen LogP contribution in [0.2, 0.25) is 0 Å². The Bertz CT molecular complexity index is 757. The summed E-state index contributed by atoms with van der Waals surface area (Å²) < 4.78 is 1.36. The van der Waals surface area contributed by atoms with Crippen LogP contribution in [0.3, 0.4) is 0 Å². The number of rotatable bonds is 3. The Kier molecular flexibility index (Phi) is 4.25. The first-order valence-electron chi connectivity index (χ1n) is 6.81. The maximum Gasteiger partial charge on any atom is 0.263 e. The summed E-state index contributed by atoms with van der Waals surface area (Å²) in [5.41, 5.74) is 1.57. The summed E-state index contributed by atoms with van der Waals surface area (Å²) >= 11 is 0. The van der Waals surface area contributed by atoms with E-state index in [2.05, 4.69) is 15.3 Å². The van der Waals surface area contributed by atoms with Crippen LogP contribution in [-0.2, 0) is 7.05 Å². The number of aryl methyl sites for hydroxylation is 3. The van der Waals surface area contributed by atoms with Crippen molar-refractivity contribution >= 4 is 17.5 Å². The average Bonchev–Trinajstić information content (AvgIpc) is 2.45. The summed E-state index contributed by atoms with van der Waals surface area (Å²) in [6, 6.07) is 3.15. The van der Waals surface area contributed by atoms with Crippen LogP contribution < -0.4 is 15.8 Å². The summed E-state index contributed by atoms with van der Waals surface area (Å²) in [7, 11) is 5.30. The molecule has 0 spiro atoms. The van der Waals surface area contributed by atoms with Crippen molar-refractivity contribution in [3.8, 4) is 0 Å². The van der Waals surface area contributed by atoms with Gasteiger partial charge in [0.1, 0.15) is 5.56 Å². The van der Waals surface area contributed by atoms with Crippen molar-refractivity contribution in [2.75, 3.05) is 24.3 Å². The molecule has 0 aliphatic rings. The highest BCUT2D eigenvalue weighted by molar-refractivity contribution is 6.04. The molecule has 0 fully saturated rings. The largest absolute Gasteiger partial charge is 0.347 e. The molecule has 0 bridgehead atoms. The normalized spacial score (nSPS) is 10.4. The first-order valence-corrected chi connectivity index (χ1v) is 6.81. The van der Waals surface area contributed by atoms with Gasteiger partial charge in [0.15, 0.2) is 0 Å². The van der Waals surface area contributed by atoms with Gasteiger partial charge in [-0.3, -0.25) is 9.59 Å². The lowest BCUT2D eigenvalue weighted by atomic mass is 10.2. The molecule has 2 rings (SSSR count). The SMILES string of the molecule is Cc1nc(N(C)C)nc(C)c1NC(=O)c1cccn(C)c1=O. The summed E-state index contributed by atoms with van der Waals surface area (Å²) in [6.45, 7) is 3.58. The molecule has 7 nitrogen and oxygen atoms in total. The number of nitrogens with one attached hydrogen (secondary N) is 1. The van der Waals surface area contributed by atoms with Gasteiger partial charge >= 0.3 is 0 Å². The van der Waals surface area contributed by atoms with E-state index in [9.17, 15) is 9.59 Å². The Balaban J connectivity index is 2.37. The molecule has 0 aromatic carbocycles. The number of amides is 1. The Labute approximate surface area is 128 Å². The molecule has 2 aromatic rings. The molecular weight excluding hydrogens is 282 g/mol. The van der Waals surface area contributed by atoms with Crippen molar-refractivity contribution in [3.63, 3.8) is 0 Å². The lowest BCUT2D eigenvalue weighted by molar-refractivity contribution is 0.102. The van der Waals surface area contributed by atoms with E-state index in [1.165, 1.54) is 10.6 Å². The molecular formula is C15H19N5O2. The Hall–Kier alpha value is -2.70. The fourth-order valence-electron chi connectivity index (χ4n) is 2.03. The standard InChI is InChI=1S/C15H19N5O2/c1-9-12(10(2)17-15(16-9)19(3)4)18-13(21)11-7-6-8-20(5)14(11)22/h6-8H,1-5H3,(H,18,21). The smallest absolute Gasteiger partial charge is 0.263 e. The van der Waals surface area contributed by atoms with Gasteiger partial charge < -0.3 is 14.8 Å². The quantitative estimate of drug-likeness (QED) is 0.918. The maximum absolute atomic E-state index is 12.3. The molecule has 116 valence electrons. The van der Waals surface area contributed by atoms with E-state index in [1.54, 1.807) is 38.1 Å². The molecule has 0 saturated carbocycles. The third kappa shape index (κ3) is 2.98. The number of carbonyl (C=O) groups excluding carboxylic acids is 1. The van der Waals surface area contributed by atoms with Crippen molar-refractivity contribution in [2.24, 2.45) is 7.05 Å². The number of anilines is 2. The van der Waals surface area contributed by atoms with Gasteiger partial charge in [0.2, 0.25) is 5.95 Å². The van der Waals surface area contributed by atoms with E-state index in [-0.39, 0.29) is 11.1 Å². The number of hydrogen-bond donors (Lipinski definition) is 1. The molecule has 0 radical (unpaired) electrons. The average molecular weight is 301 g/mol. The second-order valence-electron chi connectivity index (χ2n) is 5.26. The van der Waals surface area contributed by atoms with Gasteiger partial charge in [0, 0.05) is 27.3 Å². The van der Waals surface area contributed by atoms with E-state index in [1.807, 2.05) is 14.1 Å². The van der Waals surface area contributed by atoms with E-state index < -0.39 is 5.91 Å². The zero-order valence-corrected chi connectivity index (χ0v) is 13.3. The minimum Gasteiger partial charge on any atom is -0.347 e. The summed E-state index contributed by atoms with van der Waals surface area (Å²) in [6.07, 6.45) is 1.60. The molecule has 1 amide bonds. The van der Waals surface area contributed by atoms with Crippen LogP contribution in [0.15, 0.2) is 23.1 Å². The minimum absolute atomic E-state index is 0.0838. The second kappa shape index (κ2) is 5.97. The predicted octanol–water partition coefficient (Wildman–Crippen LogP) is 1.11. The molecule has 0 aliphatic carbocycles. The van der Waals surface area contributed by atoms with Crippen LogP contribution in [0.4, 0.5) is 11.6 Å². The molecule has 0 unspecified atom stereocenters. The summed E-state index contributed by atoms with van der Waals surface area (Å²) in [5, 5.41) is 2.73. The molecule has 0 saturated heterocycles. The number of carbonyl (C=O) groups is 1. The first kappa shape index (κ1) is 15.7. The second-order valence-corrected chi connectivity index (χ2v) is 5.26. The fraction of sp³-hybridized carbons (Fsp3) is 0.333. The van der Waals surface area contributed by atoms with Crippen molar-refractivity contribution in [1.82, 2.24) is 14.5 Å². The number of nitrogens with zero attached hydrogens (tertiary/aromatic N) is 4. The van der Waals surface area contributed by atoms with E-state index >= 15 is 0 Å². The van der Waals surface area contributed by atoms with E-state index in [0.29, 0.717) is 23.0 Å². The molecule has 2 heterocycles. The van der Waals surface area contributed by atoms with Crippen LogP contribution in [0.1, 0.15) is 21.7 Å². The Morgan fingerprint density at radius 3 is 2.36 bits per heavy atom. The molecule has 2 aromatic heterocycles. The van der Waals surface area contributed by atoms with Crippen LogP contribution in [0, 0.1) is 13.8 Å². The third-order valence-electron chi connectivity index (χ3n) is 3.27. The van der Waals surface area contributed by atoms with Crippen LogP contribution >= 0.6 is 0 Å². The number of pyridine rings is 1. The van der Waals surface area contributed by atoms with Gasteiger partial charge in [-0.05, 0) is 26.0 Å². The number of hydrogen-bond acceptors (Lipinski definition) is 5. The summed E-state index contributed by atoms with van der Waals surface area (Å²) in [5.74, 6) is 0.109. The molecule has 1 N–H and O–H groups in total. The molecule has 7 heteroatoms. The number of aromatic nitrogens is 3. The molecule has 0 aliphatic heterocycles. The van der Waals surface area contributed by atoms with Crippen LogP contribution in [-0.4, -0.2) is 34.5 Å². The van der Waals surface area contributed by atoms with Crippen molar-refractivity contribution in [2.45, 2.75) is 13.8 Å². The molecule has 0 atom stereocenters. The highest BCUT2D eigenvalue weighted by Crippen LogP contribution is 2.20. The lowest BCUT2D eigenvalue weighted by Gasteiger charge is -2.15. The highest BCUT2D eigenvalue weighted by Gasteiger charge is 2.16. The minimum atomic E-state index is -0.464. The zero-order chi connectivity index (χ0) is 16.4. The van der Waals surface area contributed by atoms with E-state index in [4.69, 9.17) is 0 Å². The lowest BCUT2D eigenvalue weighted by Crippen LogP contribution is -2.27. The van der Waals surface area contributed by atoms with Crippen molar-refractivity contribution in [1.29, 1.82) is 0 Å². The van der Waals surface area contributed by atoms with Crippen molar-refractivity contribution in [3.05, 3.63) is 45.6 Å². The Morgan fingerprint density at radius 1 is 1.23 bits per heavy atom. The Morgan fingerprint density at radius 2 is 1.82 bits per heavy atom. The van der Waals surface area contributed by atoms with Gasteiger partial charge in [-0.25, -0.2) is 9.97 Å². The van der Waals surface area contributed by atoms with E-state index in [0.717, 1.165) is 0 Å². The highest BCUT2D eigenvalue weighted by atomic mass is 16.2. The van der Waals surface area contributed by atoms with Gasteiger partial charge in [0.25, 0.3) is 11.5 Å². The maximum atomic E-state index is 12.3. The van der Waals surface area contributed by atoms with Gasteiger partial charge in [-0.1, -0.05) is 0 Å². The van der Waals surface area contributed by atoms with Gasteiger partial charge in [-0.15, -0.1) is 0 Å². The van der Waals surface area contributed by atoms with Crippen LogP contribution in [0.25, 0.3) is 0 Å². The third-order valence-corrected chi connectivity index (χ3v) is 3.27. The topological polar surface area (TPSA) is 80.1 Å². The van der Waals surface area contributed by atoms with Gasteiger partial charge in [0.05, 0.1) is 17.1 Å². The predicted molar refractivity (Wildman–Crippen MR) is 85.5 cm³/mol. The monoisotopic (exact) mass is 301 g/mol. The van der Waals surface area contributed by atoms with Crippen LogP contribution in [0.5, 0.6) is 0 Å². The fourth-order valence-corrected chi connectivity index (χ4v) is 2.03. The van der Waals surface area contributed by atoms with Crippen molar-refractivity contribution < 1.29 is 4.79 Å². The summed E-state index contributed by atoms with van der Waals surface area (Å²) in [4.78, 5) is 34.8.